The van der Waals surface area contributed by atoms with E-state index in [0.717, 1.165) is 18.1 Å². The van der Waals surface area contributed by atoms with Gasteiger partial charge in [-0.3, -0.25) is 0 Å². The minimum atomic E-state index is 0.423. The predicted molar refractivity (Wildman–Crippen MR) is 66.4 cm³/mol. The van der Waals surface area contributed by atoms with Gasteiger partial charge in [0.05, 0.1) is 0 Å². The third-order valence-corrected chi connectivity index (χ3v) is 2.34. The Bertz CT molecular complexity index is 290. The van der Waals surface area contributed by atoms with Gasteiger partial charge in [-0.15, -0.1) is 0 Å². The number of hydrogen-bond acceptors (Lipinski definition) is 3. The van der Waals surface area contributed by atoms with Gasteiger partial charge in [-0.25, -0.2) is 9.98 Å². The van der Waals surface area contributed by atoms with E-state index < -0.39 is 0 Å². The molecule has 15 heavy (non-hydrogen) atoms. The third-order valence-electron chi connectivity index (χ3n) is 2.34. The van der Waals surface area contributed by atoms with Crippen molar-refractivity contribution in [3.63, 3.8) is 0 Å². The summed E-state index contributed by atoms with van der Waals surface area (Å²) in [6.45, 7) is 10.7. The molecule has 3 heteroatoms. The summed E-state index contributed by atoms with van der Waals surface area (Å²) >= 11 is 0. The molecule has 0 amide bonds. The molecule has 1 aliphatic rings. The molecule has 0 radical (unpaired) electrons. The lowest BCUT2D eigenvalue weighted by molar-refractivity contribution is 0.289. The van der Waals surface area contributed by atoms with E-state index in [2.05, 4.69) is 42.6 Å². The van der Waals surface area contributed by atoms with Crippen molar-refractivity contribution >= 4 is 11.7 Å². The highest BCUT2D eigenvalue weighted by atomic mass is 15.3. The number of nitrogens with zero attached hydrogens (tertiary/aromatic N) is 3. The normalized spacial score (nSPS) is 16.5. The van der Waals surface area contributed by atoms with Gasteiger partial charge in [0, 0.05) is 30.4 Å². The highest BCUT2D eigenvalue weighted by Gasteiger charge is 2.18. The molecular weight excluding hydrogens is 186 g/mol. The minimum absolute atomic E-state index is 0.423. The first-order chi connectivity index (χ1) is 7.02. The maximum Gasteiger partial charge on any atom is 0.225 e. The van der Waals surface area contributed by atoms with Crippen LogP contribution in [0.15, 0.2) is 22.3 Å². The van der Waals surface area contributed by atoms with Crippen molar-refractivity contribution in [3.8, 4) is 0 Å². The highest BCUT2D eigenvalue weighted by molar-refractivity contribution is 5.97. The maximum absolute atomic E-state index is 4.55. The molecule has 1 rings (SSSR count). The predicted octanol–water partition coefficient (Wildman–Crippen LogP) is 2.84. The van der Waals surface area contributed by atoms with Gasteiger partial charge in [-0.2, -0.15) is 0 Å². The Hall–Kier alpha value is -1.12. The number of guanidine groups is 1. The van der Waals surface area contributed by atoms with Crippen molar-refractivity contribution in [3.05, 3.63) is 12.3 Å². The SMILES string of the molecule is CC1=NC(N(C(C)C)C(C)C)=NC=CC1. The molecule has 0 fully saturated rings. The fourth-order valence-corrected chi connectivity index (χ4v) is 1.77. The van der Waals surface area contributed by atoms with Crippen LogP contribution in [0.1, 0.15) is 41.0 Å². The molecule has 0 saturated heterocycles. The van der Waals surface area contributed by atoms with Crippen LogP contribution in [0.4, 0.5) is 0 Å². The molecule has 0 saturated carbocycles. The number of hydrogen-bond donors (Lipinski definition) is 0. The topological polar surface area (TPSA) is 28.0 Å². The first-order valence-corrected chi connectivity index (χ1v) is 5.57. The molecule has 0 aromatic carbocycles. The second-order valence-corrected chi connectivity index (χ2v) is 4.46. The van der Waals surface area contributed by atoms with Crippen LogP contribution in [0.2, 0.25) is 0 Å². The van der Waals surface area contributed by atoms with E-state index in [1.54, 1.807) is 0 Å². The van der Waals surface area contributed by atoms with Crippen molar-refractivity contribution in [1.29, 1.82) is 0 Å². The van der Waals surface area contributed by atoms with Crippen LogP contribution in [-0.2, 0) is 0 Å². The smallest absolute Gasteiger partial charge is 0.225 e. The van der Waals surface area contributed by atoms with Gasteiger partial charge < -0.3 is 4.90 Å². The Labute approximate surface area is 92.6 Å². The summed E-state index contributed by atoms with van der Waals surface area (Å²) in [5.41, 5.74) is 1.12. The minimum Gasteiger partial charge on any atom is -0.336 e. The van der Waals surface area contributed by atoms with Crippen LogP contribution >= 0.6 is 0 Å². The van der Waals surface area contributed by atoms with E-state index in [-0.39, 0.29) is 0 Å². The molecule has 0 atom stereocenters. The molecule has 3 nitrogen and oxygen atoms in total. The molecule has 1 heterocycles. The lowest BCUT2D eigenvalue weighted by Crippen LogP contribution is -2.41. The van der Waals surface area contributed by atoms with Crippen molar-refractivity contribution in [2.45, 2.75) is 53.1 Å². The number of rotatable bonds is 2. The molecule has 0 spiro atoms. The summed E-state index contributed by atoms with van der Waals surface area (Å²) in [5.74, 6) is 0.839. The Morgan fingerprint density at radius 2 is 1.80 bits per heavy atom. The average Bonchev–Trinajstić information content (AvgIpc) is 2.28. The van der Waals surface area contributed by atoms with Gasteiger partial charge in [-0.1, -0.05) is 6.08 Å². The van der Waals surface area contributed by atoms with Gasteiger partial charge in [0.1, 0.15) is 0 Å². The lowest BCUT2D eigenvalue weighted by Gasteiger charge is -2.31. The summed E-state index contributed by atoms with van der Waals surface area (Å²) < 4.78 is 0. The highest BCUT2D eigenvalue weighted by Crippen LogP contribution is 2.10. The molecule has 0 aliphatic carbocycles. The molecule has 0 aromatic rings. The van der Waals surface area contributed by atoms with Crippen LogP contribution in [-0.4, -0.2) is 28.7 Å². The molecule has 0 bridgehead atoms. The van der Waals surface area contributed by atoms with E-state index in [4.69, 9.17) is 0 Å². The average molecular weight is 207 g/mol. The largest absolute Gasteiger partial charge is 0.336 e. The van der Waals surface area contributed by atoms with Gasteiger partial charge in [0.15, 0.2) is 0 Å². The third kappa shape index (κ3) is 3.18. The lowest BCUT2D eigenvalue weighted by atomic mass is 10.2. The molecule has 0 unspecified atom stereocenters. The van der Waals surface area contributed by atoms with Gasteiger partial charge in [0.25, 0.3) is 0 Å². The van der Waals surface area contributed by atoms with Crippen molar-refractivity contribution in [2.75, 3.05) is 0 Å². The monoisotopic (exact) mass is 207 g/mol. The first-order valence-electron chi connectivity index (χ1n) is 5.57. The number of allylic oxidation sites excluding steroid dienone is 1. The van der Waals surface area contributed by atoms with E-state index in [9.17, 15) is 0 Å². The summed E-state index contributed by atoms with van der Waals surface area (Å²) in [7, 11) is 0. The maximum atomic E-state index is 4.55. The summed E-state index contributed by atoms with van der Waals surface area (Å²) in [5, 5.41) is 0. The van der Waals surface area contributed by atoms with E-state index in [0.29, 0.717) is 12.1 Å². The van der Waals surface area contributed by atoms with E-state index in [1.165, 1.54) is 0 Å². The standard InChI is InChI=1S/C12H21N3/c1-9(2)15(10(3)4)12-13-8-6-7-11(5)14-12/h6,8-10H,7H2,1-5H3. The van der Waals surface area contributed by atoms with Crippen LogP contribution in [0.25, 0.3) is 0 Å². The first kappa shape index (κ1) is 12.0. The van der Waals surface area contributed by atoms with Crippen molar-refractivity contribution in [1.82, 2.24) is 4.90 Å². The molecular formula is C12H21N3. The van der Waals surface area contributed by atoms with Crippen LogP contribution in [0.5, 0.6) is 0 Å². The van der Waals surface area contributed by atoms with Gasteiger partial charge in [0.2, 0.25) is 5.96 Å². The van der Waals surface area contributed by atoms with Crippen LogP contribution in [0.3, 0.4) is 0 Å². The van der Waals surface area contributed by atoms with Crippen molar-refractivity contribution in [2.24, 2.45) is 9.98 Å². The molecule has 84 valence electrons. The summed E-state index contributed by atoms with van der Waals surface area (Å²) in [6.07, 6.45) is 4.80. The van der Waals surface area contributed by atoms with Gasteiger partial charge in [-0.05, 0) is 34.6 Å². The Kier molecular flexibility index (Phi) is 4.06. The van der Waals surface area contributed by atoms with E-state index >= 15 is 0 Å². The molecule has 0 aromatic heterocycles. The Morgan fingerprint density at radius 3 is 2.33 bits per heavy atom. The van der Waals surface area contributed by atoms with Gasteiger partial charge >= 0.3 is 0 Å². The zero-order valence-electron chi connectivity index (χ0n) is 10.4. The quantitative estimate of drug-likeness (QED) is 0.684. The van der Waals surface area contributed by atoms with Crippen molar-refractivity contribution < 1.29 is 0 Å². The van der Waals surface area contributed by atoms with E-state index in [1.807, 2.05) is 19.2 Å². The molecule has 1 aliphatic heterocycles. The second-order valence-electron chi connectivity index (χ2n) is 4.46. The molecule has 0 N–H and O–H groups in total. The second kappa shape index (κ2) is 5.10. The van der Waals surface area contributed by atoms with Crippen LogP contribution in [0, 0.1) is 0 Å². The fraction of sp³-hybridized carbons (Fsp3) is 0.667. The summed E-state index contributed by atoms with van der Waals surface area (Å²) in [6, 6.07) is 0.846. The zero-order chi connectivity index (χ0) is 11.4. The summed E-state index contributed by atoms with van der Waals surface area (Å²) in [4.78, 5) is 11.2. The van der Waals surface area contributed by atoms with Crippen LogP contribution < -0.4 is 0 Å². The number of aliphatic imine (C=N–C) groups is 2. The Morgan fingerprint density at radius 1 is 1.20 bits per heavy atom. The fourth-order valence-electron chi connectivity index (χ4n) is 1.77. The Balaban J connectivity index is 2.97. The zero-order valence-corrected chi connectivity index (χ0v) is 10.4.